The van der Waals surface area contributed by atoms with E-state index < -0.39 is 23.9 Å². The number of carbonyl (C=O) groups is 3. The van der Waals surface area contributed by atoms with Crippen molar-refractivity contribution in [3.8, 4) is 0 Å². The number of amides is 1. The van der Waals surface area contributed by atoms with Crippen LogP contribution in [0, 0.1) is 5.92 Å². The van der Waals surface area contributed by atoms with Gasteiger partial charge in [0.15, 0.2) is 0 Å². The fraction of sp³-hybridized carbons (Fsp3) is 0.727. The molecule has 7 nitrogen and oxygen atoms in total. The third-order valence-electron chi connectivity index (χ3n) is 3.07. The van der Waals surface area contributed by atoms with E-state index in [1.54, 1.807) is 0 Å². The number of carboxylic acid groups (broad SMARTS) is 2. The Morgan fingerprint density at radius 3 is 2.56 bits per heavy atom. The molecule has 0 radical (unpaired) electrons. The molecule has 0 bridgehead atoms. The maximum atomic E-state index is 11.9. The van der Waals surface area contributed by atoms with Crippen molar-refractivity contribution >= 4 is 17.8 Å². The summed E-state index contributed by atoms with van der Waals surface area (Å²) in [6.45, 7) is 0.651. The molecule has 0 spiro atoms. The molecular weight excluding hydrogens is 240 g/mol. The van der Waals surface area contributed by atoms with Crippen LogP contribution in [0.2, 0.25) is 0 Å². The average Bonchev–Trinajstić information content (AvgIpc) is 2.35. The first kappa shape index (κ1) is 14.4. The van der Waals surface area contributed by atoms with E-state index in [2.05, 4.69) is 0 Å². The molecule has 1 saturated heterocycles. The summed E-state index contributed by atoms with van der Waals surface area (Å²) in [5.41, 5.74) is 5.62. The Hall–Kier alpha value is -1.63. The number of nitrogens with two attached hydrogens (primary N) is 1. The van der Waals surface area contributed by atoms with Crippen LogP contribution in [-0.4, -0.2) is 52.1 Å². The van der Waals surface area contributed by atoms with Crippen molar-refractivity contribution in [2.24, 2.45) is 11.7 Å². The van der Waals surface area contributed by atoms with Gasteiger partial charge in [0.05, 0.1) is 12.0 Å². The third-order valence-corrected chi connectivity index (χ3v) is 3.07. The van der Waals surface area contributed by atoms with E-state index in [-0.39, 0.29) is 25.3 Å². The number of carbonyl (C=O) groups excluding carboxylic acids is 1. The van der Waals surface area contributed by atoms with Gasteiger partial charge in [0.2, 0.25) is 5.91 Å². The maximum Gasteiger partial charge on any atom is 0.308 e. The standard InChI is InChI=1S/C11H18N2O5/c12-8(3-4-9(14)15)10(16)13-5-1-2-7(6-13)11(17)18/h7-8H,1-6,12H2,(H,14,15)(H,17,18)/t7-,8?/m0/s1. The highest BCUT2D eigenvalue weighted by atomic mass is 16.4. The molecule has 1 fully saturated rings. The van der Waals surface area contributed by atoms with Crippen LogP contribution in [0.3, 0.4) is 0 Å². The van der Waals surface area contributed by atoms with Gasteiger partial charge in [-0.2, -0.15) is 0 Å². The molecule has 7 heteroatoms. The fourth-order valence-corrected chi connectivity index (χ4v) is 2.02. The minimum absolute atomic E-state index is 0.0718. The average molecular weight is 258 g/mol. The quantitative estimate of drug-likeness (QED) is 0.611. The molecule has 2 atom stereocenters. The van der Waals surface area contributed by atoms with E-state index in [1.165, 1.54) is 4.90 Å². The largest absolute Gasteiger partial charge is 0.481 e. The molecule has 0 aliphatic carbocycles. The Labute approximate surface area is 105 Å². The van der Waals surface area contributed by atoms with Gasteiger partial charge in [-0.3, -0.25) is 14.4 Å². The summed E-state index contributed by atoms with van der Waals surface area (Å²) in [5, 5.41) is 17.4. The van der Waals surface area contributed by atoms with Crippen molar-refractivity contribution in [3.63, 3.8) is 0 Å². The van der Waals surface area contributed by atoms with Crippen LogP contribution in [0.5, 0.6) is 0 Å². The molecule has 0 aromatic heterocycles. The van der Waals surface area contributed by atoms with Gasteiger partial charge < -0.3 is 20.8 Å². The molecule has 1 heterocycles. The Bertz CT molecular complexity index is 344. The highest BCUT2D eigenvalue weighted by Gasteiger charge is 2.30. The first-order chi connectivity index (χ1) is 8.41. The molecule has 1 aliphatic heterocycles. The van der Waals surface area contributed by atoms with Crippen molar-refractivity contribution in [2.75, 3.05) is 13.1 Å². The van der Waals surface area contributed by atoms with Crippen LogP contribution in [0.15, 0.2) is 0 Å². The molecule has 1 amide bonds. The second-order valence-corrected chi connectivity index (χ2v) is 4.50. The molecule has 0 aromatic rings. The molecule has 18 heavy (non-hydrogen) atoms. The van der Waals surface area contributed by atoms with Crippen molar-refractivity contribution < 1.29 is 24.6 Å². The van der Waals surface area contributed by atoms with Crippen LogP contribution in [0.1, 0.15) is 25.7 Å². The molecule has 1 aliphatic rings. The number of aliphatic carboxylic acids is 2. The van der Waals surface area contributed by atoms with Gasteiger partial charge in [0, 0.05) is 19.5 Å². The van der Waals surface area contributed by atoms with Gasteiger partial charge >= 0.3 is 11.9 Å². The van der Waals surface area contributed by atoms with E-state index >= 15 is 0 Å². The number of hydrogen-bond donors (Lipinski definition) is 3. The van der Waals surface area contributed by atoms with E-state index in [1.807, 2.05) is 0 Å². The lowest BCUT2D eigenvalue weighted by Gasteiger charge is -2.32. The normalized spacial score (nSPS) is 21.4. The van der Waals surface area contributed by atoms with E-state index in [0.29, 0.717) is 19.4 Å². The fourth-order valence-electron chi connectivity index (χ4n) is 2.02. The number of rotatable bonds is 5. The van der Waals surface area contributed by atoms with Crippen LogP contribution in [-0.2, 0) is 14.4 Å². The molecular formula is C11H18N2O5. The summed E-state index contributed by atoms with van der Waals surface area (Å²) in [7, 11) is 0. The van der Waals surface area contributed by atoms with Gasteiger partial charge in [0.25, 0.3) is 0 Å². The van der Waals surface area contributed by atoms with Gasteiger partial charge in [-0.1, -0.05) is 0 Å². The summed E-state index contributed by atoms with van der Waals surface area (Å²) < 4.78 is 0. The first-order valence-corrected chi connectivity index (χ1v) is 5.90. The van der Waals surface area contributed by atoms with Gasteiger partial charge in [-0.05, 0) is 19.3 Å². The second kappa shape index (κ2) is 6.34. The van der Waals surface area contributed by atoms with Crippen molar-refractivity contribution in [2.45, 2.75) is 31.7 Å². The summed E-state index contributed by atoms with van der Waals surface area (Å²) in [4.78, 5) is 34.6. The molecule has 1 rings (SSSR count). The first-order valence-electron chi connectivity index (χ1n) is 5.90. The van der Waals surface area contributed by atoms with Gasteiger partial charge in [-0.25, -0.2) is 0 Å². The predicted octanol–water partition coefficient (Wildman–Crippen LogP) is -0.498. The van der Waals surface area contributed by atoms with Crippen molar-refractivity contribution in [1.82, 2.24) is 4.90 Å². The lowest BCUT2D eigenvalue weighted by atomic mass is 9.97. The van der Waals surface area contributed by atoms with Crippen LogP contribution in [0.25, 0.3) is 0 Å². The van der Waals surface area contributed by atoms with Crippen LogP contribution >= 0.6 is 0 Å². The Balaban J connectivity index is 2.49. The minimum atomic E-state index is -1.000. The zero-order valence-electron chi connectivity index (χ0n) is 10.0. The Morgan fingerprint density at radius 2 is 2.00 bits per heavy atom. The molecule has 4 N–H and O–H groups in total. The number of carboxylic acids is 2. The molecule has 1 unspecified atom stereocenters. The lowest BCUT2D eigenvalue weighted by molar-refractivity contribution is -0.146. The smallest absolute Gasteiger partial charge is 0.308 e. The number of likely N-dealkylation sites (tertiary alicyclic amines) is 1. The van der Waals surface area contributed by atoms with E-state index in [9.17, 15) is 14.4 Å². The number of nitrogens with zero attached hydrogens (tertiary/aromatic N) is 1. The molecule has 102 valence electrons. The van der Waals surface area contributed by atoms with Crippen LogP contribution < -0.4 is 5.73 Å². The maximum absolute atomic E-state index is 11.9. The zero-order valence-corrected chi connectivity index (χ0v) is 10.0. The summed E-state index contributed by atoms with van der Waals surface area (Å²) in [5.74, 6) is -2.82. The third kappa shape index (κ3) is 3.99. The van der Waals surface area contributed by atoms with Crippen molar-refractivity contribution in [1.29, 1.82) is 0 Å². The summed E-state index contributed by atoms with van der Waals surface area (Å²) >= 11 is 0. The topological polar surface area (TPSA) is 121 Å². The number of piperidine rings is 1. The lowest BCUT2D eigenvalue weighted by Crippen LogP contribution is -2.49. The van der Waals surface area contributed by atoms with Crippen LogP contribution in [0.4, 0.5) is 0 Å². The van der Waals surface area contributed by atoms with Gasteiger partial charge in [0.1, 0.15) is 0 Å². The zero-order chi connectivity index (χ0) is 13.7. The van der Waals surface area contributed by atoms with E-state index in [0.717, 1.165) is 0 Å². The summed E-state index contributed by atoms with van der Waals surface area (Å²) in [6.07, 6.45) is 1.10. The highest BCUT2D eigenvalue weighted by molar-refractivity contribution is 5.83. The molecule has 0 saturated carbocycles. The number of hydrogen-bond acceptors (Lipinski definition) is 4. The Morgan fingerprint density at radius 1 is 1.33 bits per heavy atom. The predicted molar refractivity (Wildman–Crippen MR) is 61.8 cm³/mol. The van der Waals surface area contributed by atoms with Crippen molar-refractivity contribution in [3.05, 3.63) is 0 Å². The molecule has 0 aromatic carbocycles. The SMILES string of the molecule is NC(CCC(=O)O)C(=O)N1CCC[C@H](C(=O)O)C1. The van der Waals surface area contributed by atoms with Gasteiger partial charge in [-0.15, -0.1) is 0 Å². The minimum Gasteiger partial charge on any atom is -0.481 e. The second-order valence-electron chi connectivity index (χ2n) is 4.50. The monoisotopic (exact) mass is 258 g/mol. The summed E-state index contributed by atoms with van der Waals surface area (Å²) in [6, 6.07) is -0.867. The Kier molecular flexibility index (Phi) is 5.08. The highest BCUT2D eigenvalue weighted by Crippen LogP contribution is 2.17. The van der Waals surface area contributed by atoms with E-state index in [4.69, 9.17) is 15.9 Å².